The first-order valence-corrected chi connectivity index (χ1v) is 10.5. The number of pyridine rings is 1. The van der Waals surface area contributed by atoms with Crippen LogP contribution in [0.15, 0.2) is 71.3 Å². The lowest BCUT2D eigenvalue weighted by Crippen LogP contribution is -2.28. The highest BCUT2D eigenvalue weighted by molar-refractivity contribution is 6.31. The molecule has 0 saturated heterocycles. The first-order valence-electron chi connectivity index (χ1n) is 9.70. The summed E-state index contributed by atoms with van der Waals surface area (Å²) in [5, 5.41) is 14.2. The number of rotatable bonds is 3. The number of nitriles is 1. The Morgan fingerprint density at radius 3 is 2.56 bits per heavy atom. The fraction of sp³-hybridized carbons (Fsp3) is 0.125. The van der Waals surface area contributed by atoms with Gasteiger partial charge in [0.25, 0.3) is 5.91 Å². The van der Waals surface area contributed by atoms with E-state index in [0.717, 1.165) is 10.9 Å². The zero-order valence-electron chi connectivity index (χ0n) is 17.2. The predicted molar refractivity (Wildman–Crippen MR) is 125 cm³/mol. The minimum Gasteiger partial charge on any atom is -0.445 e. The van der Waals surface area contributed by atoms with Crippen LogP contribution < -0.4 is 11.1 Å². The van der Waals surface area contributed by atoms with Crippen molar-refractivity contribution in [3.63, 3.8) is 0 Å². The summed E-state index contributed by atoms with van der Waals surface area (Å²) >= 11 is 12.5. The third-order valence-corrected chi connectivity index (χ3v) is 5.77. The van der Waals surface area contributed by atoms with Crippen LogP contribution in [0.25, 0.3) is 10.9 Å². The maximum atomic E-state index is 13.3. The average molecular weight is 465 g/mol. The fourth-order valence-electron chi connectivity index (χ4n) is 3.71. The Morgan fingerprint density at radius 1 is 1.16 bits per heavy atom. The summed E-state index contributed by atoms with van der Waals surface area (Å²) in [4.78, 5) is 17.8. The zero-order chi connectivity index (χ0) is 23.0. The van der Waals surface area contributed by atoms with Gasteiger partial charge in [0.05, 0.1) is 17.0 Å². The summed E-state index contributed by atoms with van der Waals surface area (Å²) in [6.07, 6.45) is 0. The van der Waals surface area contributed by atoms with E-state index in [1.165, 1.54) is 0 Å². The highest BCUT2D eigenvalue weighted by Crippen LogP contribution is 2.42. The molecule has 1 amide bonds. The van der Waals surface area contributed by atoms with Gasteiger partial charge in [0.1, 0.15) is 22.6 Å². The Balaban J connectivity index is 1.85. The quantitative estimate of drug-likeness (QED) is 0.493. The lowest BCUT2D eigenvalue weighted by atomic mass is 9.83. The van der Waals surface area contributed by atoms with Gasteiger partial charge in [-0.05, 0) is 56.3 Å². The van der Waals surface area contributed by atoms with E-state index >= 15 is 0 Å². The molecule has 4 rings (SSSR count). The van der Waals surface area contributed by atoms with Gasteiger partial charge in [-0.3, -0.25) is 4.79 Å². The molecule has 0 spiro atoms. The Morgan fingerprint density at radius 2 is 1.88 bits per heavy atom. The number of nitrogens with zero attached hydrogens (tertiary/aromatic N) is 2. The number of carbonyl (C=O) groups is 1. The third-order valence-electron chi connectivity index (χ3n) is 5.21. The molecule has 2 aromatic carbocycles. The van der Waals surface area contributed by atoms with Crippen molar-refractivity contribution in [1.29, 1.82) is 5.26 Å². The third kappa shape index (κ3) is 4.01. The van der Waals surface area contributed by atoms with Crippen LogP contribution in [0.5, 0.6) is 0 Å². The fourth-order valence-corrected chi connectivity index (χ4v) is 4.09. The molecule has 0 aliphatic carbocycles. The van der Waals surface area contributed by atoms with Gasteiger partial charge in [0.15, 0.2) is 0 Å². The molecule has 0 saturated carbocycles. The number of amides is 1. The van der Waals surface area contributed by atoms with E-state index in [1.807, 2.05) is 31.2 Å². The van der Waals surface area contributed by atoms with Crippen LogP contribution in [-0.4, -0.2) is 10.9 Å². The van der Waals surface area contributed by atoms with Crippen LogP contribution in [0, 0.1) is 18.3 Å². The Bertz CT molecular complexity index is 1350. The second-order valence-electron chi connectivity index (χ2n) is 7.42. The maximum absolute atomic E-state index is 13.3. The van der Waals surface area contributed by atoms with Gasteiger partial charge in [-0.2, -0.15) is 5.26 Å². The Kier molecular flexibility index (Phi) is 5.79. The average Bonchev–Trinajstić information content (AvgIpc) is 2.74. The highest BCUT2D eigenvalue weighted by Gasteiger charge is 2.37. The monoisotopic (exact) mass is 464 g/mol. The minimum absolute atomic E-state index is 0.0709. The van der Waals surface area contributed by atoms with E-state index in [0.29, 0.717) is 21.8 Å². The standard InChI is InChI=1S/C24H18Cl2N4O2/c1-12-3-8-19-14(9-12)10-17(22(26)30-19)21-18(11-27)23(28)32-13(2)20(21)24(31)29-16-6-4-15(25)5-7-16/h3-10,21H,28H2,1-2H3,(H,29,31). The SMILES string of the molecule is CC1=C(C(=O)Nc2ccc(Cl)cc2)C(c2cc3cc(C)ccc3nc2Cl)C(C#N)=C(N)O1. The van der Waals surface area contributed by atoms with Crippen LogP contribution in [0.4, 0.5) is 5.69 Å². The molecule has 1 atom stereocenters. The molecular weight excluding hydrogens is 447 g/mol. The molecule has 32 heavy (non-hydrogen) atoms. The van der Waals surface area contributed by atoms with Crippen molar-refractivity contribution < 1.29 is 9.53 Å². The number of halogens is 2. The molecule has 3 N–H and O–H groups in total. The van der Waals surface area contributed by atoms with E-state index in [-0.39, 0.29) is 27.9 Å². The first kappa shape index (κ1) is 21.7. The van der Waals surface area contributed by atoms with Crippen LogP contribution in [0.1, 0.15) is 24.0 Å². The lowest BCUT2D eigenvalue weighted by Gasteiger charge is -2.28. The smallest absolute Gasteiger partial charge is 0.255 e. The second-order valence-corrected chi connectivity index (χ2v) is 8.21. The molecule has 1 unspecified atom stereocenters. The topological polar surface area (TPSA) is 101 Å². The van der Waals surface area contributed by atoms with Crippen molar-refractivity contribution in [1.82, 2.24) is 4.98 Å². The van der Waals surface area contributed by atoms with Crippen LogP contribution in [-0.2, 0) is 9.53 Å². The van der Waals surface area contributed by atoms with Gasteiger partial charge < -0.3 is 15.8 Å². The van der Waals surface area contributed by atoms with Gasteiger partial charge in [-0.1, -0.05) is 34.8 Å². The van der Waals surface area contributed by atoms with Crippen molar-refractivity contribution in [3.8, 4) is 6.07 Å². The van der Waals surface area contributed by atoms with Crippen molar-refractivity contribution in [2.45, 2.75) is 19.8 Å². The number of aromatic nitrogens is 1. The Labute approximate surface area is 194 Å². The summed E-state index contributed by atoms with van der Waals surface area (Å²) in [5.74, 6) is -1.08. The zero-order valence-corrected chi connectivity index (χ0v) is 18.8. The molecule has 160 valence electrons. The number of allylic oxidation sites excluding steroid dienone is 2. The van der Waals surface area contributed by atoms with Crippen LogP contribution in [0.2, 0.25) is 10.2 Å². The molecule has 6 nitrogen and oxygen atoms in total. The number of benzene rings is 2. The molecule has 1 aromatic heterocycles. The predicted octanol–water partition coefficient (Wildman–Crippen LogP) is 5.57. The number of nitrogens with two attached hydrogens (primary N) is 1. The summed E-state index contributed by atoms with van der Waals surface area (Å²) in [6, 6.07) is 16.4. The molecule has 3 aromatic rings. The summed E-state index contributed by atoms with van der Waals surface area (Å²) in [6.45, 7) is 3.59. The largest absolute Gasteiger partial charge is 0.445 e. The van der Waals surface area contributed by atoms with Crippen molar-refractivity contribution in [3.05, 3.63) is 92.6 Å². The number of ether oxygens (including phenoxy) is 1. The van der Waals surface area contributed by atoms with E-state index in [9.17, 15) is 10.1 Å². The van der Waals surface area contributed by atoms with Crippen molar-refractivity contribution in [2.24, 2.45) is 5.73 Å². The number of aryl methyl sites for hydroxylation is 1. The summed E-state index contributed by atoms with van der Waals surface area (Å²) in [5.41, 5.74) is 9.12. The second kappa shape index (κ2) is 8.54. The number of hydrogen-bond acceptors (Lipinski definition) is 5. The highest BCUT2D eigenvalue weighted by atomic mass is 35.5. The Hall–Kier alpha value is -3.53. The molecule has 0 radical (unpaired) electrons. The van der Waals surface area contributed by atoms with Gasteiger partial charge in [0, 0.05) is 21.7 Å². The van der Waals surface area contributed by atoms with Crippen molar-refractivity contribution in [2.75, 3.05) is 5.32 Å². The minimum atomic E-state index is -0.842. The lowest BCUT2D eigenvalue weighted by molar-refractivity contribution is -0.113. The molecule has 1 aliphatic heterocycles. The molecule has 1 aliphatic rings. The van der Waals surface area contributed by atoms with Crippen LogP contribution >= 0.6 is 23.2 Å². The van der Waals surface area contributed by atoms with Gasteiger partial charge >= 0.3 is 0 Å². The van der Waals surface area contributed by atoms with Crippen LogP contribution in [0.3, 0.4) is 0 Å². The van der Waals surface area contributed by atoms with E-state index in [1.54, 1.807) is 31.2 Å². The van der Waals surface area contributed by atoms with Gasteiger partial charge in [-0.25, -0.2) is 4.98 Å². The molecule has 0 fully saturated rings. The molecule has 2 heterocycles. The molecule has 8 heteroatoms. The number of fused-ring (bicyclic) bond motifs is 1. The normalized spacial score (nSPS) is 16.0. The summed E-state index contributed by atoms with van der Waals surface area (Å²) in [7, 11) is 0. The summed E-state index contributed by atoms with van der Waals surface area (Å²) < 4.78 is 5.55. The molecular formula is C24H18Cl2N4O2. The number of carbonyl (C=O) groups excluding carboxylic acids is 1. The van der Waals surface area contributed by atoms with Crippen molar-refractivity contribution >= 4 is 45.7 Å². The number of anilines is 1. The van der Waals surface area contributed by atoms with Gasteiger partial charge in [-0.15, -0.1) is 0 Å². The van der Waals surface area contributed by atoms with Gasteiger partial charge in [0.2, 0.25) is 5.88 Å². The maximum Gasteiger partial charge on any atom is 0.255 e. The first-order chi connectivity index (χ1) is 15.3. The number of nitrogens with one attached hydrogen (secondary N) is 1. The number of hydrogen-bond donors (Lipinski definition) is 2. The molecule has 0 bridgehead atoms. The van der Waals surface area contributed by atoms with E-state index in [2.05, 4.69) is 16.4 Å². The van der Waals surface area contributed by atoms with E-state index in [4.69, 9.17) is 33.7 Å². The van der Waals surface area contributed by atoms with E-state index < -0.39 is 11.8 Å².